The van der Waals surface area contributed by atoms with Crippen molar-refractivity contribution in [2.24, 2.45) is 5.92 Å². The van der Waals surface area contributed by atoms with E-state index in [9.17, 15) is 0 Å². The summed E-state index contributed by atoms with van der Waals surface area (Å²) in [4.78, 5) is 0. The molecule has 1 aliphatic heterocycles. The van der Waals surface area contributed by atoms with Crippen LogP contribution in [0.25, 0.3) is 0 Å². The maximum atomic E-state index is 3.46. The Morgan fingerprint density at radius 1 is 1.38 bits per heavy atom. The van der Waals surface area contributed by atoms with Crippen molar-refractivity contribution in [1.82, 2.24) is 0 Å². The molecule has 1 atom stereocenters. The predicted molar refractivity (Wildman–Crippen MR) is 57.1 cm³/mol. The molecule has 0 amide bonds. The van der Waals surface area contributed by atoms with Gasteiger partial charge in [0, 0.05) is 18.2 Å². The van der Waals surface area contributed by atoms with E-state index in [0.29, 0.717) is 0 Å². The van der Waals surface area contributed by atoms with E-state index in [4.69, 9.17) is 0 Å². The van der Waals surface area contributed by atoms with Gasteiger partial charge in [-0.15, -0.1) is 0 Å². The van der Waals surface area contributed by atoms with Crippen molar-refractivity contribution in [3.63, 3.8) is 0 Å². The fraction of sp³-hybridized carbons (Fsp3) is 0.500. The van der Waals surface area contributed by atoms with Crippen molar-refractivity contribution in [1.29, 1.82) is 0 Å². The van der Waals surface area contributed by atoms with Gasteiger partial charge in [-0.1, -0.05) is 32.0 Å². The molecule has 1 unspecified atom stereocenters. The average Bonchev–Trinajstić information content (AvgIpc) is 2.48. The molecule has 0 saturated carbocycles. The number of nitrogens with one attached hydrogen (secondary N) is 1. The fourth-order valence-corrected chi connectivity index (χ4v) is 2.14. The van der Waals surface area contributed by atoms with Crippen LogP contribution in [0, 0.1) is 5.92 Å². The Bertz CT molecular complexity index is 291. The van der Waals surface area contributed by atoms with Crippen LogP contribution in [0.4, 0.5) is 5.69 Å². The molecular weight excluding hydrogens is 158 g/mol. The molecule has 0 saturated heterocycles. The highest BCUT2D eigenvalue weighted by molar-refractivity contribution is 5.57. The van der Waals surface area contributed by atoms with Crippen molar-refractivity contribution in [2.75, 3.05) is 11.9 Å². The third-order valence-corrected chi connectivity index (χ3v) is 2.70. The number of para-hydroxylation sites is 1. The summed E-state index contributed by atoms with van der Waals surface area (Å²) in [5, 5.41) is 3.46. The van der Waals surface area contributed by atoms with Crippen LogP contribution < -0.4 is 5.32 Å². The molecule has 0 bridgehead atoms. The second-order valence-electron chi connectivity index (χ2n) is 4.29. The van der Waals surface area contributed by atoms with Crippen LogP contribution >= 0.6 is 0 Å². The molecule has 0 aliphatic carbocycles. The summed E-state index contributed by atoms with van der Waals surface area (Å²) in [6.07, 6.45) is 1.30. The lowest BCUT2D eigenvalue weighted by molar-refractivity contribution is 0.522. The van der Waals surface area contributed by atoms with E-state index >= 15 is 0 Å². The van der Waals surface area contributed by atoms with E-state index in [1.165, 1.54) is 17.7 Å². The van der Waals surface area contributed by atoms with Gasteiger partial charge in [-0.3, -0.25) is 0 Å². The van der Waals surface area contributed by atoms with Crippen LogP contribution in [0.15, 0.2) is 24.3 Å². The highest BCUT2D eigenvalue weighted by atomic mass is 14.9. The van der Waals surface area contributed by atoms with Crippen molar-refractivity contribution in [3.05, 3.63) is 29.8 Å². The molecule has 1 heterocycles. The zero-order valence-electron chi connectivity index (χ0n) is 8.38. The van der Waals surface area contributed by atoms with Gasteiger partial charge in [0.05, 0.1) is 0 Å². The Hall–Kier alpha value is -0.980. The Balaban J connectivity index is 2.18. The number of fused-ring (bicyclic) bond motifs is 1. The Kier molecular flexibility index (Phi) is 2.26. The standard InChI is InChI=1S/C12H17N/c1-9(2)7-10-8-13-12-6-4-3-5-11(10)12/h3-6,9-10,13H,7-8H2,1-2H3. The van der Waals surface area contributed by atoms with Gasteiger partial charge < -0.3 is 5.32 Å². The molecule has 13 heavy (non-hydrogen) atoms. The third-order valence-electron chi connectivity index (χ3n) is 2.70. The van der Waals surface area contributed by atoms with Crippen LogP contribution in [0.3, 0.4) is 0 Å². The minimum Gasteiger partial charge on any atom is -0.384 e. The number of rotatable bonds is 2. The smallest absolute Gasteiger partial charge is 0.0376 e. The van der Waals surface area contributed by atoms with Gasteiger partial charge in [-0.25, -0.2) is 0 Å². The highest BCUT2D eigenvalue weighted by Gasteiger charge is 2.21. The summed E-state index contributed by atoms with van der Waals surface area (Å²) in [5.74, 6) is 1.52. The highest BCUT2D eigenvalue weighted by Crippen LogP contribution is 2.34. The molecule has 1 aromatic rings. The fourth-order valence-electron chi connectivity index (χ4n) is 2.14. The molecule has 0 aromatic heterocycles. The first-order valence-corrected chi connectivity index (χ1v) is 5.10. The molecular formula is C12H17N. The zero-order chi connectivity index (χ0) is 9.26. The monoisotopic (exact) mass is 175 g/mol. The molecule has 0 spiro atoms. The maximum Gasteiger partial charge on any atom is 0.0376 e. The predicted octanol–water partition coefficient (Wildman–Crippen LogP) is 3.24. The van der Waals surface area contributed by atoms with Crippen LogP contribution in [-0.2, 0) is 0 Å². The first-order chi connectivity index (χ1) is 6.27. The number of hydrogen-bond acceptors (Lipinski definition) is 1. The molecule has 1 aromatic carbocycles. The number of benzene rings is 1. The minimum atomic E-state index is 0.733. The summed E-state index contributed by atoms with van der Waals surface area (Å²) in [5.41, 5.74) is 2.85. The second-order valence-corrected chi connectivity index (χ2v) is 4.29. The average molecular weight is 175 g/mol. The quantitative estimate of drug-likeness (QED) is 0.727. The van der Waals surface area contributed by atoms with Gasteiger partial charge in [-0.2, -0.15) is 0 Å². The van der Waals surface area contributed by atoms with Gasteiger partial charge in [0.2, 0.25) is 0 Å². The van der Waals surface area contributed by atoms with Crippen molar-refractivity contribution < 1.29 is 0 Å². The topological polar surface area (TPSA) is 12.0 Å². The van der Waals surface area contributed by atoms with Crippen LogP contribution in [-0.4, -0.2) is 6.54 Å². The lowest BCUT2D eigenvalue weighted by atomic mass is 9.92. The van der Waals surface area contributed by atoms with Crippen LogP contribution in [0.2, 0.25) is 0 Å². The van der Waals surface area contributed by atoms with Gasteiger partial charge in [0.25, 0.3) is 0 Å². The molecule has 1 heteroatoms. The Morgan fingerprint density at radius 3 is 2.92 bits per heavy atom. The second kappa shape index (κ2) is 3.41. The molecule has 2 rings (SSSR count). The van der Waals surface area contributed by atoms with E-state index in [2.05, 4.69) is 43.4 Å². The first kappa shape index (κ1) is 8.61. The molecule has 1 aliphatic rings. The van der Waals surface area contributed by atoms with Gasteiger partial charge in [-0.05, 0) is 24.0 Å². The van der Waals surface area contributed by atoms with Crippen molar-refractivity contribution in [3.8, 4) is 0 Å². The zero-order valence-corrected chi connectivity index (χ0v) is 8.38. The van der Waals surface area contributed by atoms with E-state index in [1.807, 2.05) is 0 Å². The third kappa shape index (κ3) is 1.69. The Morgan fingerprint density at radius 2 is 2.15 bits per heavy atom. The van der Waals surface area contributed by atoms with Crippen LogP contribution in [0.1, 0.15) is 31.7 Å². The normalized spacial score (nSPS) is 20.1. The van der Waals surface area contributed by atoms with Crippen molar-refractivity contribution in [2.45, 2.75) is 26.2 Å². The summed E-state index contributed by atoms with van der Waals surface area (Å²) in [6.45, 7) is 5.71. The largest absolute Gasteiger partial charge is 0.384 e. The van der Waals surface area contributed by atoms with Gasteiger partial charge >= 0.3 is 0 Å². The first-order valence-electron chi connectivity index (χ1n) is 5.10. The molecule has 0 radical (unpaired) electrons. The van der Waals surface area contributed by atoms with E-state index in [1.54, 1.807) is 0 Å². The number of hydrogen-bond donors (Lipinski definition) is 1. The summed E-state index contributed by atoms with van der Waals surface area (Å²) in [6, 6.07) is 8.67. The summed E-state index contributed by atoms with van der Waals surface area (Å²) < 4.78 is 0. The van der Waals surface area contributed by atoms with Crippen molar-refractivity contribution >= 4 is 5.69 Å². The van der Waals surface area contributed by atoms with Crippen LogP contribution in [0.5, 0.6) is 0 Å². The van der Waals surface area contributed by atoms with E-state index < -0.39 is 0 Å². The van der Waals surface area contributed by atoms with E-state index in [0.717, 1.165) is 18.4 Å². The summed E-state index contributed by atoms with van der Waals surface area (Å²) >= 11 is 0. The summed E-state index contributed by atoms with van der Waals surface area (Å²) in [7, 11) is 0. The van der Waals surface area contributed by atoms with Gasteiger partial charge in [0.15, 0.2) is 0 Å². The lowest BCUT2D eigenvalue weighted by Gasteiger charge is -2.12. The van der Waals surface area contributed by atoms with E-state index in [-0.39, 0.29) is 0 Å². The number of anilines is 1. The molecule has 70 valence electrons. The lowest BCUT2D eigenvalue weighted by Crippen LogP contribution is -2.05. The van der Waals surface area contributed by atoms with Gasteiger partial charge in [0.1, 0.15) is 0 Å². The SMILES string of the molecule is CC(C)CC1CNc2ccccc21. The molecule has 1 nitrogen and oxygen atoms in total. The minimum absolute atomic E-state index is 0.733. The Labute approximate surface area is 80.2 Å². The maximum absolute atomic E-state index is 3.46. The molecule has 1 N–H and O–H groups in total. The molecule has 0 fully saturated rings.